The minimum Gasteiger partial charge on any atom is -0.368 e. The molecule has 2 atom stereocenters. The van der Waals surface area contributed by atoms with Crippen molar-refractivity contribution in [2.45, 2.75) is 25.3 Å². The van der Waals surface area contributed by atoms with Crippen molar-refractivity contribution in [3.8, 4) is 0 Å². The van der Waals surface area contributed by atoms with E-state index in [1.807, 2.05) is 0 Å². The molecule has 1 aromatic rings. The fraction of sp³-hybridized carbons (Fsp3) is 0.583. The van der Waals surface area contributed by atoms with Crippen LogP contribution < -0.4 is 16.0 Å². The Bertz CT molecular complexity index is 509. The van der Waals surface area contributed by atoms with Gasteiger partial charge in [0.1, 0.15) is 5.02 Å². The van der Waals surface area contributed by atoms with Gasteiger partial charge in [-0.3, -0.25) is 4.79 Å². The molecule has 0 aliphatic carbocycles. The molecule has 2 unspecified atom stereocenters. The van der Waals surface area contributed by atoms with E-state index in [2.05, 4.69) is 20.2 Å². The number of hydrogen-bond acceptors (Lipinski definition) is 5. The second kappa shape index (κ2) is 4.85. The van der Waals surface area contributed by atoms with Crippen molar-refractivity contribution in [1.82, 2.24) is 15.3 Å². The van der Waals surface area contributed by atoms with Crippen molar-refractivity contribution in [2.75, 3.05) is 23.7 Å². The number of nitrogens with one attached hydrogen (secondary N) is 1. The summed E-state index contributed by atoms with van der Waals surface area (Å²) in [5, 5.41) is 3.58. The van der Waals surface area contributed by atoms with Crippen molar-refractivity contribution >= 4 is 29.3 Å². The summed E-state index contributed by atoms with van der Waals surface area (Å²) in [6.45, 7) is 1.67. The first-order chi connectivity index (χ1) is 9.13. The minimum absolute atomic E-state index is 0.166. The lowest BCUT2D eigenvalue weighted by Gasteiger charge is -2.42. The van der Waals surface area contributed by atoms with Gasteiger partial charge < -0.3 is 16.0 Å². The number of nitrogen functional groups attached to an aromatic ring is 1. The maximum Gasteiger partial charge on any atom is 0.222 e. The second-order valence-corrected chi connectivity index (χ2v) is 5.51. The van der Waals surface area contributed by atoms with Crippen LogP contribution in [0.5, 0.6) is 0 Å². The normalized spacial score (nSPS) is 26.8. The first-order valence-corrected chi connectivity index (χ1v) is 6.83. The molecule has 2 saturated heterocycles. The van der Waals surface area contributed by atoms with E-state index in [-0.39, 0.29) is 17.9 Å². The van der Waals surface area contributed by atoms with Crippen molar-refractivity contribution in [1.29, 1.82) is 0 Å². The molecule has 3 rings (SSSR count). The van der Waals surface area contributed by atoms with Gasteiger partial charge in [0.15, 0.2) is 5.82 Å². The molecule has 2 aliphatic rings. The Balaban J connectivity index is 1.77. The van der Waals surface area contributed by atoms with E-state index in [1.165, 1.54) is 6.20 Å². The van der Waals surface area contributed by atoms with Gasteiger partial charge in [-0.25, -0.2) is 4.98 Å². The van der Waals surface area contributed by atoms with Gasteiger partial charge in [-0.1, -0.05) is 11.6 Å². The summed E-state index contributed by atoms with van der Waals surface area (Å²) in [6.07, 6.45) is 3.98. The van der Waals surface area contributed by atoms with E-state index in [9.17, 15) is 4.79 Å². The molecule has 7 heteroatoms. The van der Waals surface area contributed by atoms with Crippen LogP contribution in [-0.2, 0) is 4.79 Å². The fourth-order valence-corrected chi connectivity index (χ4v) is 3.11. The number of piperidine rings is 2. The topological polar surface area (TPSA) is 84.1 Å². The number of rotatable bonds is 1. The van der Waals surface area contributed by atoms with Crippen molar-refractivity contribution in [3.05, 3.63) is 11.2 Å². The molecule has 0 spiro atoms. The third-order valence-electron chi connectivity index (χ3n) is 3.87. The second-order valence-electron chi connectivity index (χ2n) is 5.11. The predicted octanol–water partition coefficient (Wildman–Crippen LogP) is 0.817. The van der Waals surface area contributed by atoms with Gasteiger partial charge in [0, 0.05) is 25.6 Å². The predicted molar refractivity (Wildman–Crippen MR) is 72.9 cm³/mol. The minimum atomic E-state index is 0.166. The lowest BCUT2D eigenvalue weighted by molar-refractivity contribution is -0.124. The highest BCUT2D eigenvalue weighted by molar-refractivity contribution is 6.32. The Morgan fingerprint density at radius 1 is 1.47 bits per heavy atom. The lowest BCUT2D eigenvalue weighted by Crippen LogP contribution is -2.54. The highest BCUT2D eigenvalue weighted by Crippen LogP contribution is 2.31. The zero-order valence-corrected chi connectivity index (χ0v) is 11.2. The van der Waals surface area contributed by atoms with Gasteiger partial charge in [0.25, 0.3) is 0 Å². The van der Waals surface area contributed by atoms with Crippen LogP contribution in [0.3, 0.4) is 0 Å². The average molecular weight is 282 g/mol. The molecule has 3 N–H and O–H groups in total. The monoisotopic (exact) mass is 281 g/mol. The van der Waals surface area contributed by atoms with Gasteiger partial charge in [0.2, 0.25) is 11.9 Å². The van der Waals surface area contributed by atoms with Gasteiger partial charge >= 0.3 is 0 Å². The molecule has 0 radical (unpaired) electrons. The molecule has 0 saturated carbocycles. The summed E-state index contributed by atoms with van der Waals surface area (Å²) >= 11 is 6.14. The fourth-order valence-electron chi connectivity index (χ4n) is 2.90. The first-order valence-electron chi connectivity index (χ1n) is 6.46. The maximum absolute atomic E-state index is 11.4. The molecule has 2 fully saturated rings. The van der Waals surface area contributed by atoms with E-state index in [1.54, 1.807) is 0 Å². The molecule has 3 heterocycles. The van der Waals surface area contributed by atoms with E-state index >= 15 is 0 Å². The molecule has 19 heavy (non-hydrogen) atoms. The summed E-state index contributed by atoms with van der Waals surface area (Å²) in [4.78, 5) is 21.6. The van der Waals surface area contributed by atoms with Crippen molar-refractivity contribution < 1.29 is 4.79 Å². The van der Waals surface area contributed by atoms with Crippen LogP contribution in [0.4, 0.5) is 11.8 Å². The SMILES string of the molecule is Nc1ncc(Cl)c(N2CCC3NC(=O)CCC3C2)n1. The highest BCUT2D eigenvalue weighted by atomic mass is 35.5. The smallest absolute Gasteiger partial charge is 0.222 e. The molecular weight excluding hydrogens is 266 g/mol. The number of fused-ring (bicyclic) bond motifs is 1. The Labute approximate surface area is 116 Å². The number of amides is 1. The largest absolute Gasteiger partial charge is 0.368 e. The average Bonchev–Trinajstić information content (AvgIpc) is 2.41. The molecule has 0 aromatic carbocycles. The first kappa shape index (κ1) is 12.5. The summed E-state index contributed by atoms with van der Waals surface area (Å²) in [5.74, 6) is 1.56. The summed E-state index contributed by atoms with van der Waals surface area (Å²) < 4.78 is 0. The lowest BCUT2D eigenvalue weighted by atomic mass is 9.85. The van der Waals surface area contributed by atoms with Crippen LogP contribution >= 0.6 is 11.6 Å². The number of nitrogens with zero attached hydrogens (tertiary/aromatic N) is 3. The van der Waals surface area contributed by atoms with Crippen LogP contribution in [0.25, 0.3) is 0 Å². The Kier molecular flexibility index (Phi) is 3.18. The van der Waals surface area contributed by atoms with Crippen LogP contribution in [0.15, 0.2) is 6.20 Å². The number of carbonyl (C=O) groups is 1. The Morgan fingerprint density at radius 2 is 2.32 bits per heavy atom. The molecule has 6 nitrogen and oxygen atoms in total. The molecule has 2 aliphatic heterocycles. The van der Waals surface area contributed by atoms with Gasteiger partial charge in [-0.2, -0.15) is 4.98 Å². The number of halogens is 1. The maximum atomic E-state index is 11.4. The summed E-state index contributed by atoms with van der Waals surface area (Å²) in [5.41, 5.74) is 5.62. The zero-order chi connectivity index (χ0) is 13.4. The van der Waals surface area contributed by atoms with Crippen LogP contribution in [0, 0.1) is 5.92 Å². The summed E-state index contributed by atoms with van der Waals surface area (Å²) in [6, 6.07) is 0.287. The highest BCUT2D eigenvalue weighted by Gasteiger charge is 2.34. The van der Waals surface area contributed by atoms with E-state index < -0.39 is 0 Å². The molecule has 0 bridgehead atoms. The standard InChI is InChI=1S/C12H16ClN5O/c13-8-5-15-12(14)17-11(8)18-4-3-9-7(6-18)1-2-10(19)16-9/h5,7,9H,1-4,6H2,(H,16,19)(H2,14,15,17). The van der Waals surface area contributed by atoms with Crippen molar-refractivity contribution in [2.24, 2.45) is 5.92 Å². The molecular formula is C12H16ClN5O. The zero-order valence-electron chi connectivity index (χ0n) is 10.5. The quantitative estimate of drug-likeness (QED) is 0.796. The number of nitrogens with two attached hydrogens (primary N) is 1. The van der Waals surface area contributed by atoms with Gasteiger partial charge in [-0.15, -0.1) is 0 Å². The Hall–Kier alpha value is -1.56. The van der Waals surface area contributed by atoms with E-state index in [0.29, 0.717) is 23.2 Å². The number of carbonyl (C=O) groups excluding carboxylic acids is 1. The molecule has 1 amide bonds. The third-order valence-corrected chi connectivity index (χ3v) is 4.13. The van der Waals surface area contributed by atoms with Gasteiger partial charge in [0.05, 0.1) is 6.20 Å². The van der Waals surface area contributed by atoms with Crippen LogP contribution in [0.1, 0.15) is 19.3 Å². The van der Waals surface area contributed by atoms with E-state index in [4.69, 9.17) is 17.3 Å². The number of anilines is 2. The van der Waals surface area contributed by atoms with Crippen LogP contribution in [0.2, 0.25) is 5.02 Å². The molecule has 102 valence electrons. The number of hydrogen-bond donors (Lipinski definition) is 2. The van der Waals surface area contributed by atoms with E-state index in [0.717, 1.165) is 25.9 Å². The van der Waals surface area contributed by atoms with Crippen molar-refractivity contribution in [3.63, 3.8) is 0 Å². The molecule has 1 aromatic heterocycles. The summed E-state index contributed by atoms with van der Waals surface area (Å²) in [7, 11) is 0. The number of aromatic nitrogens is 2. The van der Waals surface area contributed by atoms with Crippen LogP contribution in [-0.4, -0.2) is 35.0 Å². The Morgan fingerprint density at radius 3 is 3.16 bits per heavy atom. The van der Waals surface area contributed by atoms with Gasteiger partial charge in [-0.05, 0) is 18.8 Å². The third kappa shape index (κ3) is 2.45.